The Bertz CT molecular complexity index is 1360. The van der Waals surface area contributed by atoms with E-state index in [2.05, 4.69) is 5.32 Å². The first-order chi connectivity index (χ1) is 17.8. The molecule has 2 aliphatic heterocycles. The molecule has 9 heteroatoms. The second-order valence-corrected chi connectivity index (χ2v) is 10.2. The first-order valence-electron chi connectivity index (χ1n) is 12.0. The average Bonchev–Trinajstić information content (AvgIpc) is 3.24. The topological polar surface area (TPSA) is 68.2 Å². The predicted octanol–water partition coefficient (Wildman–Crippen LogP) is 5.05. The van der Waals surface area contributed by atoms with Gasteiger partial charge in [0, 0.05) is 23.6 Å². The highest BCUT2D eigenvalue weighted by atomic mass is 35.5. The van der Waals surface area contributed by atoms with E-state index in [0.717, 1.165) is 11.1 Å². The summed E-state index contributed by atoms with van der Waals surface area (Å²) in [4.78, 5) is 36.7. The number of aryl methyl sites for hydroxylation is 1. The zero-order chi connectivity index (χ0) is 26.1. The van der Waals surface area contributed by atoms with Crippen LogP contribution < -0.4 is 5.32 Å². The smallest absolute Gasteiger partial charge is 0.328 e. The fourth-order valence-corrected chi connectivity index (χ4v) is 5.09. The van der Waals surface area contributed by atoms with Crippen molar-refractivity contribution >= 4 is 41.1 Å². The zero-order valence-electron chi connectivity index (χ0n) is 20.6. The molecule has 190 valence electrons. The van der Waals surface area contributed by atoms with E-state index in [4.69, 9.17) is 28.2 Å². The van der Waals surface area contributed by atoms with Crippen LogP contribution in [0, 0.1) is 6.92 Å². The Hall–Kier alpha value is -3.55. The summed E-state index contributed by atoms with van der Waals surface area (Å²) in [5, 5.41) is 4.46. The predicted molar refractivity (Wildman–Crippen MR) is 145 cm³/mol. The van der Waals surface area contributed by atoms with Crippen LogP contribution in [0.4, 0.5) is 4.79 Å². The molecule has 1 N–H and O–H groups in total. The fourth-order valence-electron chi connectivity index (χ4n) is 4.68. The molecule has 2 saturated heterocycles. The Morgan fingerprint density at radius 3 is 2.41 bits per heavy atom. The second kappa shape index (κ2) is 10.4. The van der Waals surface area contributed by atoms with Crippen LogP contribution in [0.1, 0.15) is 22.3 Å². The lowest BCUT2D eigenvalue weighted by Crippen LogP contribution is -2.65. The summed E-state index contributed by atoms with van der Waals surface area (Å²) < 4.78 is 0. The van der Waals surface area contributed by atoms with Crippen LogP contribution in [0.25, 0.3) is 0 Å². The number of imide groups is 1. The minimum absolute atomic E-state index is 0.0890. The largest absolute Gasteiger partial charge is 0.333 e. The van der Waals surface area contributed by atoms with Crippen molar-refractivity contribution in [3.05, 3.63) is 105 Å². The van der Waals surface area contributed by atoms with Crippen LogP contribution in [-0.2, 0) is 24.4 Å². The quantitative estimate of drug-likeness (QED) is 0.479. The minimum Gasteiger partial charge on any atom is -0.333 e. The Morgan fingerprint density at radius 1 is 0.919 bits per heavy atom. The normalized spacial score (nSPS) is 20.4. The van der Waals surface area contributed by atoms with Crippen molar-refractivity contribution in [1.82, 2.24) is 20.0 Å². The summed E-state index contributed by atoms with van der Waals surface area (Å²) in [5.74, 6) is 0.256. The van der Waals surface area contributed by atoms with Gasteiger partial charge in [0.25, 0.3) is 5.91 Å². The van der Waals surface area contributed by atoms with Crippen molar-refractivity contribution in [2.75, 3.05) is 7.05 Å². The molecule has 0 radical (unpaired) electrons. The van der Waals surface area contributed by atoms with Gasteiger partial charge in [0.2, 0.25) is 0 Å². The highest BCUT2D eigenvalue weighted by Crippen LogP contribution is 2.29. The van der Waals surface area contributed by atoms with E-state index in [1.54, 1.807) is 18.0 Å². The lowest BCUT2D eigenvalue weighted by Gasteiger charge is -2.41. The molecule has 3 aromatic carbocycles. The molecule has 2 atom stereocenters. The molecular weight excluding hydrogens is 509 g/mol. The summed E-state index contributed by atoms with van der Waals surface area (Å²) in [6.07, 6.45) is -0.557. The van der Waals surface area contributed by atoms with Gasteiger partial charge in [-0.25, -0.2) is 9.79 Å². The molecule has 5 rings (SSSR count). The number of halogens is 2. The third kappa shape index (κ3) is 5.15. The molecule has 7 nitrogen and oxygen atoms in total. The zero-order valence-corrected chi connectivity index (χ0v) is 22.1. The van der Waals surface area contributed by atoms with Gasteiger partial charge in [0.15, 0.2) is 12.0 Å². The van der Waals surface area contributed by atoms with Gasteiger partial charge in [-0.1, -0.05) is 83.4 Å². The van der Waals surface area contributed by atoms with Crippen molar-refractivity contribution in [1.29, 1.82) is 0 Å². The molecule has 0 spiro atoms. The molecule has 3 aromatic rings. The monoisotopic (exact) mass is 535 g/mol. The molecule has 37 heavy (non-hydrogen) atoms. The maximum absolute atomic E-state index is 13.9. The lowest BCUT2D eigenvalue weighted by molar-refractivity contribution is -0.138. The van der Waals surface area contributed by atoms with Gasteiger partial charge in [0.1, 0.15) is 6.17 Å². The summed E-state index contributed by atoms with van der Waals surface area (Å²) in [6.45, 7) is 2.96. The van der Waals surface area contributed by atoms with Gasteiger partial charge in [-0.05, 0) is 41.8 Å². The minimum atomic E-state index is -0.666. The number of likely N-dealkylation sites (N-methyl/N-ethyl adjacent to an activating group) is 1. The number of hydrogen-bond acceptors (Lipinski definition) is 3. The molecule has 2 heterocycles. The maximum atomic E-state index is 13.9. The first-order valence-corrected chi connectivity index (χ1v) is 12.8. The number of guanidine groups is 1. The Balaban J connectivity index is 1.49. The fraction of sp³-hybridized carbons (Fsp3) is 0.250. The van der Waals surface area contributed by atoms with E-state index in [9.17, 15) is 9.59 Å². The summed E-state index contributed by atoms with van der Waals surface area (Å²) in [6, 6.07) is 21.9. The van der Waals surface area contributed by atoms with E-state index >= 15 is 0 Å². The summed E-state index contributed by atoms with van der Waals surface area (Å²) in [7, 11) is 1.69. The van der Waals surface area contributed by atoms with E-state index in [1.165, 1.54) is 10.5 Å². The molecule has 2 aliphatic rings. The van der Waals surface area contributed by atoms with Crippen LogP contribution >= 0.6 is 23.2 Å². The van der Waals surface area contributed by atoms with Crippen LogP contribution in [0.5, 0.6) is 0 Å². The molecule has 2 fully saturated rings. The first kappa shape index (κ1) is 25.1. The number of carbonyl (C=O) groups excluding carboxylic acids is 2. The van der Waals surface area contributed by atoms with Crippen LogP contribution in [0.2, 0.25) is 10.0 Å². The third-order valence-corrected chi connectivity index (χ3v) is 7.32. The van der Waals surface area contributed by atoms with Gasteiger partial charge >= 0.3 is 6.03 Å². The SMILES string of the molecule is Cc1ccc(CN=C2NC3C(C(=O)N(Cc4ccccc4Cl)C(=O)N3C)N2Cc2cccc(Cl)c2)cc1. The summed E-state index contributed by atoms with van der Waals surface area (Å²) >= 11 is 12.6. The van der Waals surface area contributed by atoms with Crippen LogP contribution in [0.3, 0.4) is 0 Å². The van der Waals surface area contributed by atoms with E-state index in [1.807, 2.05) is 78.6 Å². The van der Waals surface area contributed by atoms with Crippen LogP contribution in [0.15, 0.2) is 77.8 Å². The highest BCUT2D eigenvalue weighted by Gasteiger charge is 2.53. The van der Waals surface area contributed by atoms with Gasteiger partial charge in [0.05, 0.1) is 13.1 Å². The van der Waals surface area contributed by atoms with Crippen LogP contribution in [-0.4, -0.2) is 51.9 Å². The molecule has 3 amide bonds. The lowest BCUT2D eigenvalue weighted by atomic mass is 10.1. The molecule has 2 unspecified atom stereocenters. The molecule has 0 aromatic heterocycles. The number of amides is 3. The van der Waals surface area contributed by atoms with Crippen molar-refractivity contribution in [2.45, 2.75) is 38.8 Å². The molecule has 0 saturated carbocycles. The standard InChI is InChI=1S/C28H27Cl2N5O2/c1-18-10-12-19(13-11-18)15-31-27-32-25-24(34(27)16-20-6-5-8-22(29)14-20)26(36)35(28(37)33(25)2)17-21-7-3-4-9-23(21)30/h3-14,24-25H,15-17H2,1-2H3,(H,31,32). The van der Waals surface area contributed by atoms with E-state index in [-0.39, 0.29) is 18.5 Å². The van der Waals surface area contributed by atoms with Gasteiger partial charge in [-0.2, -0.15) is 0 Å². The number of aliphatic imine (C=N–C) groups is 1. The number of benzene rings is 3. The molecule has 0 bridgehead atoms. The third-order valence-electron chi connectivity index (χ3n) is 6.71. The van der Waals surface area contributed by atoms with Crippen molar-refractivity contribution < 1.29 is 9.59 Å². The number of urea groups is 1. The number of hydrogen-bond donors (Lipinski definition) is 1. The Kier molecular flexibility index (Phi) is 7.09. The summed E-state index contributed by atoms with van der Waals surface area (Å²) in [5.41, 5.74) is 3.86. The number of fused-ring (bicyclic) bond motifs is 1. The highest BCUT2D eigenvalue weighted by molar-refractivity contribution is 6.31. The van der Waals surface area contributed by atoms with Gasteiger partial charge < -0.3 is 15.1 Å². The Morgan fingerprint density at radius 2 is 1.68 bits per heavy atom. The van der Waals surface area contributed by atoms with Crippen molar-refractivity contribution in [2.24, 2.45) is 4.99 Å². The van der Waals surface area contributed by atoms with Crippen molar-refractivity contribution in [3.63, 3.8) is 0 Å². The second-order valence-electron chi connectivity index (χ2n) is 9.33. The van der Waals surface area contributed by atoms with Gasteiger partial charge in [-0.3, -0.25) is 9.69 Å². The Labute approximate surface area is 226 Å². The molecular formula is C28H27Cl2N5O2. The maximum Gasteiger partial charge on any atom is 0.328 e. The molecule has 0 aliphatic carbocycles. The van der Waals surface area contributed by atoms with E-state index < -0.39 is 12.2 Å². The van der Waals surface area contributed by atoms with E-state index in [0.29, 0.717) is 34.7 Å². The average molecular weight is 536 g/mol. The number of carbonyl (C=O) groups is 2. The number of nitrogens with one attached hydrogen (secondary N) is 1. The number of rotatable bonds is 6. The van der Waals surface area contributed by atoms with Crippen molar-refractivity contribution in [3.8, 4) is 0 Å². The number of nitrogens with zero attached hydrogens (tertiary/aromatic N) is 4. The van der Waals surface area contributed by atoms with Gasteiger partial charge in [-0.15, -0.1) is 0 Å².